The highest BCUT2D eigenvalue weighted by atomic mass is 14.6. The van der Waals surface area contributed by atoms with Gasteiger partial charge in [0.25, 0.3) is 0 Å². The molecule has 2 N–H and O–H groups in total. The van der Waals surface area contributed by atoms with Gasteiger partial charge in [0.1, 0.15) is 0 Å². The summed E-state index contributed by atoms with van der Waals surface area (Å²) in [4.78, 5) is 0. The third-order valence-electron chi connectivity index (χ3n) is 6.16. The first-order valence-electron chi connectivity index (χ1n) is 8.86. The standard InChI is InChI=1S/C18H35N/c1-15-11-13-18(2,14-12-15)16-7-3-5-9-17(19)10-6-4-8-16/h15-17H,3-14,19H2,1-2H3. The lowest BCUT2D eigenvalue weighted by Crippen LogP contribution is -2.32. The van der Waals surface area contributed by atoms with E-state index < -0.39 is 0 Å². The van der Waals surface area contributed by atoms with Crippen LogP contribution in [-0.2, 0) is 0 Å². The number of nitrogens with two attached hydrogens (primary N) is 1. The van der Waals surface area contributed by atoms with E-state index in [0.717, 1.165) is 11.8 Å². The number of rotatable bonds is 1. The van der Waals surface area contributed by atoms with Gasteiger partial charge in [0.05, 0.1) is 0 Å². The summed E-state index contributed by atoms with van der Waals surface area (Å²) in [6.07, 6.45) is 16.9. The Labute approximate surface area is 120 Å². The molecule has 0 aliphatic heterocycles. The van der Waals surface area contributed by atoms with E-state index in [4.69, 9.17) is 5.73 Å². The summed E-state index contributed by atoms with van der Waals surface area (Å²) in [7, 11) is 0. The van der Waals surface area contributed by atoms with E-state index in [2.05, 4.69) is 13.8 Å². The van der Waals surface area contributed by atoms with Gasteiger partial charge in [0.2, 0.25) is 0 Å². The van der Waals surface area contributed by atoms with Crippen LogP contribution in [0.3, 0.4) is 0 Å². The van der Waals surface area contributed by atoms with Crippen LogP contribution in [0.1, 0.15) is 90.9 Å². The molecule has 0 spiro atoms. The highest BCUT2D eigenvalue weighted by Gasteiger charge is 2.36. The van der Waals surface area contributed by atoms with Gasteiger partial charge in [-0.1, -0.05) is 52.4 Å². The average Bonchev–Trinajstić information content (AvgIpc) is 2.41. The van der Waals surface area contributed by atoms with Gasteiger partial charge in [-0.25, -0.2) is 0 Å². The summed E-state index contributed by atoms with van der Waals surface area (Å²) in [6.45, 7) is 5.04. The van der Waals surface area contributed by atoms with E-state index in [1.54, 1.807) is 0 Å². The average molecular weight is 265 g/mol. The Bertz CT molecular complexity index is 240. The SMILES string of the molecule is CC1CCC(C)(C2CCCCC(N)CCCC2)CC1. The zero-order valence-electron chi connectivity index (χ0n) is 13.3. The maximum Gasteiger partial charge on any atom is 0.00388 e. The minimum absolute atomic E-state index is 0.489. The molecule has 0 aromatic heterocycles. The highest BCUT2D eigenvalue weighted by Crippen LogP contribution is 2.47. The van der Waals surface area contributed by atoms with Crippen LogP contribution in [0.5, 0.6) is 0 Å². The summed E-state index contributed by atoms with van der Waals surface area (Å²) in [5.41, 5.74) is 6.80. The van der Waals surface area contributed by atoms with Gasteiger partial charge < -0.3 is 5.73 Å². The highest BCUT2D eigenvalue weighted by molar-refractivity contribution is 4.87. The fourth-order valence-electron chi connectivity index (χ4n) is 4.41. The van der Waals surface area contributed by atoms with Crippen molar-refractivity contribution in [3.8, 4) is 0 Å². The van der Waals surface area contributed by atoms with E-state index in [1.807, 2.05) is 0 Å². The van der Waals surface area contributed by atoms with Crippen molar-refractivity contribution in [1.29, 1.82) is 0 Å². The van der Waals surface area contributed by atoms with Crippen molar-refractivity contribution in [3.63, 3.8) is 0 Å². The first-order chi connectivity index (χ1) is 9.10. The van der Waals surface area contributed by atoms with Crippen LogP contribution in [0, 0.1) is 17.3 Å². The molecule has 0 atom stereocenters. The molecule has 0 saturated heterocycles. The van der Waals surface area contributed by atoms with Crippen molar-refractivity contribution in [2.45, 2.75) is 96.9 Å². The molecule has 2 aliphatic carbocycles. The van der Waals surface area contributed by atoms with Crippen LogP contribution in [-0.4, -0.2) is 6.04 Å². The Balaban J connectivity index is 1.89. The second kappa shape index (κ2) is 7.11. The van der Waals surface area contributed by atoms with E-state index in [-0.39, 0.29) is 0 Å². The van der Waals surface area contributed by atoms with Gasteiger partial charge >= 0.3 is 0 Å². The quantitative estimate of drug-likeness (QED) is 0.685. The van der Waals surface area contributed by atoms with Gasteiger partial charge in [-0.2, -0.15) is 0 Å². The molecule has 0 aromatic carbocycles. The van der Waals surface area contributed by atoms with Crippen molar-refractivity contribution < 1.29 is 0 Å². The van der Waals surface area contributed by atoms with Crippen molar-refractivity contribution in [2.24, 2.45) is 23.0 Å². The normalized spacial score (nSPS) is 42.8. The fraction of sp³-hybridized carbons (Fsp3) is 1.00. The maximum absolute atomic E-state index is 6.14. The Morgan fingerprint density at radius 2 is 1.26 bits per heavy atom. The third kappa shape index (κ3) is 4.48. The molecule has 0 bridgehead atoms. The Morgan fingerprint density at radius 3 is 1.79 bits per heavy atom. The number of hydrogen-bond acceptors (Lipinski definition) is 1. The predicted octanol–water partition coefficient (Wildman–Crippen LogP) is 5.28. The summed E-state index contributed by atoms with van der Waals surface area (Å²) in [5, 5.41) is 0. The smallest absolute Gasteiger partial charge is 0.00388 e. The summed E-state index contributed by atoms with van der Waals surface area (Å²) in [6, 6.07) is 0.489. The van der Waals surface area contributed by atoms with Crippen molar-refractivity contribution >= 4 is 0 Å². The molecule has 0 aromatic rings. The van der Waals surface area contributed by atoms with Crippen molar-refractivity contribution in [3.05, 3.63) is 0 Å². The monoisotopic (exact) mass is 265 g/mol. The van der Waals surface area contributed by atoms with Gasteiger partial charge in [-0.3, -0.25) is 0 Å². The summed E-state index contributed by atoms with van der Waals surface area (Å²) >= 11 is 0. The lowest BCUT2D eigenvalue weighted by Gasteiger charge is -2.43. The summed E-state index contributed by atoms with van der Waals surface area (Å²) < 4.78 is 0. The molecule has 2 saturated carbocycles. The minimum atomic E-state index is 0.489. The largest absolute Gasteiger partial charge is 0.328 e. The van der Waals surface area contributed by atoms with Crippen LogP contribution in [0.2, 0.25) is 0 Å². The molecule has 112 valence electrons. The van der Waals surface area contributed by atoms with Crippen molar-refractivity contribution in [1.82, 2.24) is 0 Å². The first kappa shape index (κ1) is 15.4. The van der Waals surface area contributed by atoms with Crippen LogP contribution in [0.15, 0.2) is 0 Å². The van der Waals surface area contributed by atoms with Crippen molar-refractivity contribution in [2.75, 3.05) is 0 Å². The Kier molecular flexibility index (Phi) is 5.74. The molecule has 19 heavy (non-hydrogen) atoms. The van der Waals surface area contributed by atoms with Gasteiger partial charge in [0, 0.05) is 6.04 Å². The van der Waals surface area contributed by atoms with E-state index in [0.29, 0.717) is 11.5 Å². The Hall–Kier alpha value is -0.0400. The van der Waals surface area contributed by atoms with E-state index in [1.165, 1.54) is 77.0 Å². The molecular formula is C18H35N. The lowest BCUT2D eigenvalue weighted by atomic mass is 9.62. The molecule has 1 heteroatoms. The molecular weight excluding hydrogens is 230 g/mol. The van der Waals surface area contributed by atoms with Crippen LogP contribution in [0.4, 0.5) is 0 Å². The minimum Gasteiger partial charge on any atom is -0.328 e. The molecule has 0 amide bonds. The molecule has 0 unspecified atom stereocenters. The first-order valence-corrected chi connectivity index (χ1v) is 8.86. The molecule has 0 heterocycles. The Morgan fingerprint density at radius 1 is 0.789 bits per heavy atom. The second-order valence-electron chi connectivity index (χ2n) is 7.86. The maximum atomic E-state index is 6.14. The van der Waals surface area contributed by atoms with Crippen LogP contribution < -0.4 is 5.73 Å². The van der Waals surface area contributed by atoms with E-state index >= 15 is 0 Å². The zero-order valence-corrected chi connectivity index (χ0v) is 13.3. The lowest BCUT2D eigenvalue weighted by molar-refractivity contribution is 0.0793. The van der Waals surface area contributed by atoms with Gasteiger partial charge in [0.15, 0.2) is 0 Å². The topological polar surface area (TPSA) is 26.0 Å². The van der Waals surface area contributed by atoms with Gasteiger partial charge in [-0.05, 0) is 55.8 Å². The number of hydrogen-bond donors (Lipinski definition) is 1. The zero-order chi connectivity index (χ0) is 13.7. The van der Waals surface area contributed by atoms with E-state index in [9.17, 15) is 0 Å². The predicted molar refractivity (Wildman–Crippen MR) is 84.1 cm³/mol. The second-order valence-corrected chi connectivity index (χ2v) is 7.86. The molecule has 2 rings (SSSR count). The molecule has 0 radical (unpaired) electrons. The van der Waals surface area contributed by atoms with Crippen LogP contribution >= 0.6 is 0 Å². The fourth-order valence-corrected chi connectivity index (χ4v) is 4.41. The van der Waals surface area contributed by atoms with Gasteiger partial charge in [-0.15, -0.1) is 0 Å². The molecule has 2 fully saturated rings. The van der Waals surface area contributed by atoms with Crippen LogP contribution in [0.25, 0.3) is 0 Å². The molecule has 1 nitrogen and oxygen atoms in total. The third-order valence-corrected chi connectivity index (χ3v) is 6.16. The molecule has 2 aliphatic rings. The summed E-state index contributed by atoms with van der Waals surface area (Å²) in [5.74, 6) is 1.97.